The van der Waals surface area contributed by atoms with E-state index in [4.69, 9.17) is 5.73 Å². The third kappa shape index (κ3) is 2.99. The first kappa shape index (κ1) is 13.3. The van der Waals surface area contributed by atoms with Crippen LogP contribution in [0.1, 0.15) is 35.1 Å². The largest absolute Gasteiger partial charge is 0.399 e. The maximum Gasteiger partial charge on any atom is 0.170 e. The van der Waals surface area contributed by atoms with Crippen LogP contribution in [0.2, 0.25) is 0 Å². The SMILES string of the molecule is CCCn1ncnc1CC(=O)c1ccc(N)c(C)c1. The summed E-state index contributed by atoms with van der Waals surface area (Å²) in [5, 5.41) is 4.12. The molecule has 0 saturated carbocycles. The predicted octanol–water partition coefficient (Wildman–Crippen LogP) is 2.00. The lowest BCUT2D eigenvalue weighted by Crippen LogP contribution is -2.12. The number of ketones is 1. The number of hydrogen-bond donors (Lipinski definition) is 1. The number of carbonyl (C=O) groups excluding carboxylic acids is 1. The molecular weight excluding hydrogens is 240 g/mol. The molecule has 1 aromatic carbocycles. The summed E-state index contributed by atoms with van der Waals surface area (Å²) in [7, 11) is 0. The first-order valence-electron chi connectivity index (χ1n) is 6.37. The summed E-state index contributed by atoms with van der Waals surface area (Å²) >= 11 is 0. The van der Waals surface area contributed by atoms with Crippen LogP contribution in [0.25, 0.3) is 0 Å². The van der Waals surface area contributed by atoms with Gasteiger partial charge in [0, 0.05) is 17.8 Å². The molecule has 0 spiro atoms. The molecule has 0 aliphatic heterocycles. The summed E-state index contributed by atoms with van der Waals surface area (Å²) in [6, 6.07) is 5.34. The van der Waals surface area contributed by atoms with Crippen molar-refractivity contribution in [2.24, 2.45) is 0 Å². The molecule has 0 aliphatic carbocycles. The van der Waals surface area contributed by atoms with Crippen molar-refractivity contribution in [3.05, 3.63) is 41.5 Å². The lowest BCUT2D eigenvalue weighted by atomic mass is 10.0. The fourth-order valence-electron chi connectivity index (χ4n) is 1.92. The van der Waals surface area contributed by atoms with Crippen molar-refractivity contribution >= 4 is 11.5 Å². The standard InChI is InChI=1S/C14H18N4O/c1-3-6-18-14(16-9-17-18)8-13(19)11-4-5-12(15)10(2)7-11/h4-5,7,9H,3,6,8,15H2,1-2H3. The number of benzene rings is 1. The van der Waals surface area contributed by atoms with Crippen LogP contribution in [-0.2, 0) is 13.0 Å². The summed E-state index contributed by atoms with van der Waals surface area (Å²) in [5.74, 6) is 0.745. The maximum atomic E-state index is 12.2. The zero-order chi connectivity index (χ0) is 13.8. The Morgan fingerprint density at radius 2 is 2.21 bits per heavy atom. The van der Waals surface area contributed by atoms with Gasteiger partial charge < -0.3 is 5.73 Å². The van der Waals surface area contributed by atoms with E-state index in [-0.39, 0.29) is 12.2 Å². The summed E-state index contributed by atoms with van der Waals surface area (Å²) in [6.07, 6.45) is 2.72. The Morgan fingerprint density at radius 1 is 1.42 bits per heavy atom. The third-order valence-electron chi connectivity index (χ3n) is 3.04. The number of nitrogen functional groups attached to an aromatic ring is 1. The van der Waals surface area contributed by atoms with Gasteiger partial charge >= 0.3 is 0 Å². The van der Waals surface area contributed by atoms with Crippen LogP contribution in [-0.4, -0.2) is 20.5 Å². The van der Waals surface area contributed by atoms with Crippen molar-refractivity contribution in [2.75, 3.05) is 5.73 Å². The lowest BCUT2D eigenvalue weighted by molar-refractivity contribution is 0.0989. The van der Waals surface area contributed by atoms with Gasteiger partial charge in [0.1, 0.15) is 12.2 Å². The number of anilines is 1. The van der Waals surface area contributed by atoms with Gasteiger partial charge in [-0.15, -0.1) is 0 Å². The highest BCUT2D eigenvalue weighted by Gasteiger charge is 2.12. The van der Waals surface area contributed by atoms with Crippen molar-refractivity contribution in [3.8, 4) is 0 Å². The molecule has 0 fully saturated rings. The van der Waals surface area contributed by atoms with Gasteiger partial charge in [0.05, 0.1) is 6.42 Å². The third-order valence-corrected chi connectivity index (χ3v) is 3.04. The zero-order valence-electron chi connectivity index (χ0n) is 11.3. The fourth-order valence-corrected chi connectivity index (χ4v) is 1.92. The molecule has 0 amide bonds. The Kier molecular flexibility index (Phi) is 3.94. The molecule has 2 rings (SSSR count). The smallest absolute Gasteiger partial charge is 0.170 e. The highest BCUT2D eigenvalue weighted by Crippen LogP contribution is 2.14. The van der Waals surface area contributed by atoms with E-state index in [1.165, 1.54) is 6.33 Å². The molecule has 0 bridgehead atoms. The maximum absolute atomic E-state index is 12.2. The molecule has 2 aromatic rings. The number of aryl methyl sites for hydroxylation is 2. The van der Waals surface area contributed by atoms with Gasteiger partial charge in [-0.3, -0.25) is 4.79 Å². The van der Waals surface area contributed by atoms with Gasteiger partial charge in [-0.25, -0.2) is 9.67 Å². The fraction of sp³-hybridized carbons (Fsp3) is 0.357. The number of hydrogen-bond acceptors (Lipinski definition) is 4. The monoisotopic (exact) mass is 258 g/mol. The Bertz CT molecular complexity index is 589. The molecule has 0 atom stereocenters. The Balaban J connectivity index is 2.16. The Hall–Kier alpha value is -2.17. The minimum atomic E-state index is 0.0356. The first-order valence-corrected chi connectivity index (χ1v) is 6.37. The average Bonchev–Trinajstić information content (AvgIpc) is 2.80. The average molecular weight is 258 g/mol. The molecule has 5 nitrogen and oxygen atoms in total. The number of Topliss-reactive ketones (excluding diaryl/α,β-unsaturated/α-hetero) is 1. The number of nitrogens with two attached hydrogens (primary N) is 1. The van der Waals surface area contributed by atoms with Gasteiger partial charge in [0.25, 0.3) is 0 Å². The second-order valence-electron chi connectivity index (χ2n) is 4.57. The van der Waals surface area contributed by atoms with Crippen molar-refractivity contribution in [1.82, 2.24) is 14.8 Å². The molecule has 0 saturated heterocycles. The van der Waals surface area contributed by atoms with E-state index < -0.39 is 0 Å². The van der Waals surface area contributed by atoms with Crippen LogP contribution in [0.15, 0.2) is 24.5 Å². The minimum Gasteiger partial charge on any atom is -0.399 e. The zero-order valence-corrected chi connectivity index (χ0v) is 11.3. The molecule has 2 N–H and O–H groups in total. The molecule has 0 aliphatic rings. The lowest BCUT2D eigenvalue weighted by Gasteiger charge is -2.06. The number of nitrogens with zero attached hydrogens (tertiary/aromatic N) is 3. The van der Waals surface area contributed by atoms with E-state index in [9.17, 15) is 4.79 Å². The van der Waals surface area contributed by atoms with E-state index in [1.54, 1.807) is 16.8 Å². The van der Waals surface area contributed by atoms with E-state index in [2.05, 4.69) is 17.0 Å². The topological polar surface area (TPSA) is 73.8 Å². The van der Waals surface area contributed by atoms with E-state index in [0.717, 1.165) is 18.5 Å². The molecule has 0 radical (unpaired) electrons. The second-order valence-corrected chi connectivity index (χ2v) is 4.57. The van der Waals surface area contributed by atoms with Crippen LogP contribution < -0.4 is 5.73 Å². The molecule has 1 aromatic heterocycles. The van der Waals surface area contributed by atoms with Gasteiger partial charge in [-0.2, -0.15) is 5.10 Å². The number of rotatable bonds is 5. The van der Waals surface area contributed by atoms with Crippen molar-refractivity contribution in [2.45, 2.75) is 33.2 Å². The van der Waals surface area contributed by atoms with Crippen molar-refractivity contribution in [3.63, 3.8) is 0 Å². The highest BCUT2D eigenvalue weighted by atomic mass is 16.1. The molecule has 0 unspecified atom stereocenters. The predicted molar refractivity (Wildman–Crippen MR) is 73.9 cm³/mol. The van der Waals surface area contributed by atoms with Crippen molar-refractivity contribution < 1.29 is 4.79 Å². The van der Waals surface area contributed by atoms with Gasteiger partial charge in [-0.05, 0) is 37.1 Å². The van der Waals surface area contributed by atoms with Crippen LogP contribution in [0.3, 0.4) is 0 Å². The van der Waals surface area contributed by atoms with Crippen LogP contribution >= 0.6 is 0 Å². The highest BCUT2D eigenvalue weighted by molar-refractivity contribution is 5.97. The van der Waals surface area contributed by atoms with Gasteiger partial charge in [-0.1, -0.05) is 6.92 Å². The van der Waals surface area contributed by atoms with Gasteiger partial charge in [0.15, 0.2) is 5.78 Å². The number of aromatic nitrogens is 3. The van der Waals surface area contributed by atoms with Crippen molar-refractivity contribution in [1.29, 1.82) is 0 Å². The van der Waals surface area contributed by atoms with E-state index in [1.807, 2.05) is 13.0 Å². The number of carbonyl (C=O) groups is 1. The molecular formula is C14H18N4O. The summed E-state index contributed by atoms with van der Waals surface area (Å²) in [4.78, 5) is 16.4. The van der Waals surface area contributed by atoms with Crippen LogP contribution in [0.4, 0.5) is 5.69 Å². The Labute approximate surface area is 112 Å². The Morgan fingerprint density at radius 3 is 2.89 bits per heavy atom. The summed E-state index contributed by atoms with van der Waals surface area (Å²) < 4.78 is 1.78. The first-order chi connectivity index (χ1) is 9.11. The second kappa shape index (κ2) is 5.65. The van der Waals surface area contributed by atoms with E-state index in [0.29, 0.717) is 17.1 Å². The normalized spacial score (nSPS) is 10.6. The molecule has 5 heteroatoms. The summed E-state index contributed by atoms with van der Waals surface area (Å²) in [6.45, 7) is 4.74. The van der Waals surface area contributed by atoms with Gasteiger partial charge in [0.2, 0.25) is 0 Å². The molecule has 19 heavy (non-hydrogen) atoms. The molecule has 100 valence electrons. The van der Waals surface area contributed by atoms with E-state index >= 15 is 0 Å². The van der Waals surface area contributed by atoms with Crippen LogP contribution in [0.5, 0.6) is 0 Å². The van der Waals surface area contributed by atoms with Crippen LogP contribution in [0, 0.1) is 6.92 Å². The molecule has 1 heterocycles. The minimum absolute atomic E-state index is 0.0356. The summed E-state index contributed by atoms with van der Waals surface area (Å²) in [5.41, 5.74) is 8.03. The quantitative estimate of drug-likeness (QED) is 0.657.